The van der Waals surface area contributed by atoms with Crippen molar-refractivity contribution in [2.75, 3.05) is 13.6 Å². The van der Waals surface area contributed by atoms with E-state index in [1.54, 1.807) is 0 Å². The molecule has 1 aliphatic rings. The van der Waals surface area contributed by atoms with E-state index in [9.17, 15) is 15.8 Å². The lowest BCUT2D eigenvalue weighted by Crippen LogP contribution is -2.30. The van der Waals surface area contributed by atoms with Crippen LogP contribution in [0.15, 0.2) is 52.7 Å². The van der Waals surface area contributed by atoms with E-state index in [4.69, 9.17) is 0 Å². The fourth-order valence-corrected chi connectivity index (χ4v) is 3.48. The van der Waals surface area contributed by atoms with Gasteiger partial charge in [0.15, 0.2) is 0 Å². The molecule has 2 rings (SSSR count). The van der Waals surface area contributed by atoms with E-state index >= 15 is 0 Å². The molecular formula is C22H24N4. The Labute approximate surface area is 156 Å². The summed E-state index contributed by atoms with van der Waals surface area (Å²) in [7, 11) is 2.00. The van der Waals surface area contributed by atoms with Gasteiger partial charge in [0.2, 0.25) is 0 Å². The lowest BCUT2D eigenvalue weighted by molar-refractivity contribution is 0.284. The zero-order chi connectivity index (χ0) is 19.2. The number of allylic oxidation sites excluding steroid dienone is 4. The first-order valence-electron chi connectivity index (χ1n) is 8.84. The molecule has 4 nitrogen and oxygen atoms in total. The standard InChI is InChI=1S/C22H24N4/c1-22(2)12-19(18(14-23)15-24)20(16-25)21(13-22)26(3)11-7-10-17-8-5-4-6-9-17/h4-6,8-9H,7,10-13H2,1-3H3. The summed E-state index contributed by atoms with van der Waals surface area (Å²) in [4.78, 5) is 2.12. The first kappa shape index (κ1) is 19.3. The highest BCUT2D eigenvalue weighted by Gasteiger charge is 2.34. The second-order valence-corrected chi connectivity index (χ2v) is 7.54. The van der Waals surface area contributed by atoms with Crippen molar-refractivity contribution in [3.05, 3.63) is 58.3 Å². The van der Waals surface area contributed by atoms with Crippen LogP contribution >= 0.6 is 0 Å². The van der Waals surface area contributed by atoms with E-state index < -0.39 is 0 Å². The van der Waals surface area contributed by atoms with Gasteiger partial charge in [0.05, 0.1) is 5.57 Å². The van der Waals surface area contributed by atoms with E-state index in [-0.39, 0.29) is 11.0 Å². The van der Waals surface area contributed by atoms with Crippen LogP contribution in [-0.2, 0) is 6.42 Å². The van der Waals surface area contributed by atoms with Gasteiger partial charge in [-0.1, -0.05) is 44.2 Å². The van der Waals surface area contributed by atoms with Gasteiger partial charge in [0, 0.05) is 24.9 Å². The molecule has 0 heterocycles. The van der Waals surface area contributed by atoms with Crippen LogP contribution in [0.4, 0.5) is 0 Å². The lowest BCUT2D eigenvalue weighted by atomic mass is 9.72. The predicted molar refractivity (Wildman–Crippen MR) is 101 cm³/mol. The molecule has 0 atom stereocenters. The minimum atomic E-state index is -0.0857. The van der Waals surface area contributed by atoms with Crippen LogP contribution in [0.5, 0.6) is 0 Å². The van der Waals surface area contributed by atoms with Crippen molar-refractivity contribution in [3.8, 4) is 18.2 Å². The highest BCUT2D eigenvalue weighted by atomic mass is 15.1. The van der Waals surface area contributed by atoms with Gasteiger partial charge in [-0.2, -0.15) is 15.8 Å². The minimum Gasteiger partial charge on any atom is -0.377 e. The first-order valence-corrected chi connectivity index (χ1v) is 8.84. The number of hydrogen-bond donors (Lipinski definition) is 0. The predicted octanol–water partition coefficient (Wildman–Crippen LogP) is 4.49. The van der Waals surface area contributed by atoms with Gasteiger partial charge < -0.3 is 4.90 Å². The first-order chi connectivity index (χ1) is 12.4. The van der Waals surface area contributed by atoms with E-state index in [0.717, 1.165) is 31.5 Å². The highest BCUT2D eigenvalue weighted by Crippen LogP contribution is 2.43. The molecule has 0 fully saturated rings. The van der Waals surface area contributed by atoms with Crippen molar-refractivity contribution in [1.82, 2.24) is 4.90 Å². The SMILES string of the molecule is CN(CCCc1ccccc1)C1=C(C#N)C(=C(C#N)C#N)CC(C)(C)C1. The summed E-state index contributed by atoms with van der Waals surface area (Å²) >= 11 is 0. The molecule has 4 heteroatoms. The van der Waals surface area contributed by atoms with Crippen molar-refractivity contribution < 1.29 is 0 Å². The fraction of sp³-hybridized carbons (Fsp3) is 0.409. The number of nitrogens with zero attached hydrogens (tertiary/aromatic N) is 4. The zero-order valence-corrected chi connectivity index (χ0v) is 15.7. The molecule has 0 aliphatic heterocycles. The smallest absolute Gasteiger partial charge is 0.134 e. The number of hydrogen-bond acceptors (Lipinski definition) is 4. The molecule has 0 saturated carbocycles. The Morgan fingerprint density at radius 2 is 1.73 bits per heavy atom. The summed E-state index contributed by atoms with van der Waals surface area (Å²) in [6.07, 6.45) is 3.30. The van der Waals surface area contributed by atoms with E-state index in [2.05, 4.69) is 36.9 Å². The lowest BCUT2D eigenvalue weighted by Gasteiger charge is -2.37. The largest absolute Gasteiger partial charge is 0.377 e. The van der Waals surface area contributed by atoms with Gasteiger partial charge in [-0.05, 0) is 36.7 Å². The fourth-order valence-electron chi connectivity index (χ4n) is 3.48. The Hall–Kier alpha value is -3.03. The molecule has 0 saturated heterocycles. The third-order valence-corrected chi connectivity index (χ3v) is 4.79. The monoisotopic (exact) mass is 344 g/mol. The number of nitriles is 3. The van der Waals surface area contributed by atoms with Crippen molar-refractivity contribution in [2.45, 2.75) is 39.5 Å². The molecule has 1 aromatic rings. The highest BCUT2D eigenvalue weighted by molar-refractivity contribution is 5.57. The Kier molecular flexibility index (Phi) is 6.21. The molecule has 132 valence electrons. The summed E-state index contributed by atoms with van der Waals surface area (Å²) in [6.45, 7) is 5.06. The molecule has 0 bridgehead atoms. The van der Waals surface area contributed by atoms with E-state index in [1.807, 2.05) is 37.4 Å². The second-order valence-electron chi connectivity index (χ2n) is 7.54. The van der Waals surface area contributed by atoms with Gasteiger partial charge in [0.1, 0.15) is 23.8 Å². The van der Waals surface area contributed by atoms with Crippen molar-refractivity contribution >= 4 is 0 Å². The molecule has 0 N–H and O–H groups in total. The summed E-state index contributed by atoms with van der Waals surface area (Å²) in [6, 6.07) is 16.5. The third kappa shape index (κ3) is 4.53. The summed E-state index contributed by atoms with van der Waals surface area (Å²) in [5, 5.41) is 28.3. The van der Waals surface area contributed by atoms with Gasteiger partial charge in [-0.15, -0.1) is 0 Å². The summed E-state index contributed by atoms with van der Waals surface area (Å²) in [5.41, 5.74) is 3.32. The molecule has 1 aromatic carbocycles. The van der Waals surface area contributed by atoms with Crippen LogP contribution < -0.4 is 0 Å². The number of aryl methyl sites for hydroxylation is 1. The molecule has 0 unspecified atom stereocenters. The van der Waals surface area contributed by atoms with Gasteiger partial charge in [-0.25, -0.2) is 0 Å². The maximum Gasteiger partial charge on any atom is 0.134 e. The van der Waals surface area contributed by atoms with Crippen LogP contribution in [-0.4, -0.2) is 18.5 Å². The quantitative estimate of drug-likeness (QED) is 0.737. The van der Waals surface area contributed by atoms with Gasteiger partial charge in [-0.3, -0.25) is 0 Å². The molecule has 0 radical (unpaired) electrons. The van der Waals surface area contributed by atoms with E-state index in [0.29, 0.717) is 17.6 Å². The molecule has 26 heavy (non-hydrogen) atoms. The van der Waals surface area contributed by atoms with E-state index in [1.165, 1.54) is 5.56 Å². The number of rotatable bonds is 5. The number of benzene rings is 1. The van der Waals surface area contributed by atoms with Crippen LogP contribution in [0.25, 0.3) is 0 Å². The second kappa shape index (κ2) is 8.37. The normalized spacial score (nSPS) is 15.6. The van der Waals surface area contributed by atoms with Crippen LogP contribution in [0, 0.1) is 39.4 Å². The average molecular weight is 344 g/mol. The Morgan fingerprint density at radius 1 is 1.08 bits per heavy atom. The third-order valence-electron chi connectivity index (χ3n) is 4.79. The van der Waals surface area contributed by atoms with Crippen molar-refractivity contribution in [2.24, 2.45) is 5.41 Å². The Morgan fingerprint density at radius 3 is 2.31 bits per heavy atom. The molecule has 0 spiro atoms. The molecule has 0 aromatic heterocycles. The Balaban J connectivity index is 2.26. The van der Waals surface area contributed by atoms with Crippen molar-refractivity contribution in [3.63, 3.8) is 0 Å². The summed E-state index contributed by atoms with van der Waals surface area (Å²) < 4.78 is 0. The van der Waals surface area contributed by atoms with Crippen LogP contribution in [0.1, 0.15) is 38.7 Å². The molecule has 0 amide bonds. The van der Waals surface area contributed by atoms with Crippen molar-refractivity contribution in [1.29, 1.82) is 15.8 Å². The van der Waals surface area contributed by atoms with Gasteiger partial charge >= 0.3 is 0 Å². The van der Waals surface area contributed by atoms with Gasteiger partial charge in [0.25, 0.3) is 0 Å². The molecular weight excluding hydrogens is 320 g/mol. The van der Waals surface area contributed by atoms with Crippen LogP contribution in [0.3, 0.4) is 0 Å². The maximum atomic E-state index is 9.71. The topological polar surface area (TPSA) is 74.6 Å². The van der Waals surface area contributed by atoms with Crippen LogP contribution in [0.2, 0.25) is 0 Å². The Bertz CT molecular complexity index is 823. The molecule has 1 aliphatic carbocycles. The minimum absolute atomic E-state index is 0.0597. The maximum absolute atomic E-state index is 9.71. The average Bonchev–Trinajstić information content (AvgIpc) is 2.62. The zero-order valence-electron chi connectivity index (χ0n) is 15.7. The summed E-state index contributed by atoms with van der Waals surface area (Å²) in [5.74, 6) is 0.